The lowest BCUT2D eigenvalue weighted by Gasteiger charge is -2.03. The smallest absolute Gasteiger partial charge is 0.276 e. The predicted molar refractivity (Wildman–Crippen MR) is 106 cm³/mol. The van der Waals surface area contributed by atoms with Crippen molar-refractivity contribution < 1.29 is 9.53 Å². The third kappa shape index (κ3) is 3.80. The highest BCUT2D eigenvalue weighted by Gasteiger charge is 2.18. The van der Waals surface area contributed by atoms with Gasteiger partial charge in [0, 0.05) is 11.6 Å². The van der Waals surface area contributed by atoms with E-state index in [1.54, 1.807) is 47.4 Å². The summed E-state index contributed by atoms with van der Waals surface area (Å²) in [5, 5.41) is 17.1. The minimum absolute atomic E-state index is 0.204. The maximum Gasteiger partial charge on any atom is 0.276 e. The zero-order valence-corrected chi connectivity index (χ0v) is 15.9. The molecule has 0 atom stereocenters. The summed E-state index contributed by atoms with van der Waals surface area (Å²) in [6, 6.07) is 14.1. The molecule has 0 radical (unpaired) electrons. The molecule has 3 heterocycles. The number of ether oxygens (including phenoxy) is 1. The zero-order chi connectivity index (χ0) is 20.2. The Hall–Kier alpha value is -4.10. The molecule has 4 aromatic rings. The Balaban J connectivity index is 1.71. The molecule has 29 heavy (non-hydrogen) atoms. The first-order valence-electron chi connectivity index (χ1n) is 8.36. The summed E-state index contributed by atoms with van der Waals surface area (Å²) in [4.78, 5) is 25.2. The van der Waals surface area contributed by atoms with Crippen molar-refractivity contribution in [3.8, 4) is 28.2 Å². The molecule has 0 saturated heterocycles. The maximum absolute atomic E-state index is 12.6. The van der Waals surface area contributed by atoms with Crippen molar-refractivity contribution in [2.24, 2.45) is 0 Å². The van der Waals surface area contributed by atoms with Gasteiger partial charge in [-0.1, -0.05) is 29.5 Å². The molecule has 9 nitrogen and oxygen atoms in total. The Morgan fingerprint density at radius 1 is 1.24 bits per heavy atom. The van der Waals surface area contributed by atoms with Crippen LogP contribution in [0.4, 0.5) is 5.13 Å². The van der Waals surface area contributed by atoms with Crippen LogP contribution in [0.25, 0.3) is 16.3 Å². The number of nitriles is 1. The standard InChI is InChI=1S/C19H13N7O2S/c1-28-15-7-3-6-14(23-15)17(27)25-19-24-16(13-5-2-4-12(8-13)9-20)18(29-19)26-11-21-10-22-26/h2-8,10-11H,1H3,(H,24,25,27). The van der Waals surface area contributed by atoms with E-state index in [4.69, 9.17) is 4.74 Å². The maximum atomic E-state index is 12.6. The van der Waals surface area contributed by atoms with Crippen LogP contribution in [0.15, 0.2) is 55.1 Å². The largest absolute Gasteiger partial charge is 0.481 e. The summed E-state index contributed by atoms with van der Waals surface area (Å²) in [5.41, 5.74) is 2.01. The highest BCUT2D eigenvalue weighted by Crippen LogP contribution is 2.34. The molecule has 0 bridgehead atoms. The average Bonchev–Trinajstić information content (AvgIpc) is 3.43. The number of pyridine rings is 1. The van der Waals surface area contributed by atoms with Gasteiger partial charge in [-0.3, -0.25) is 10.1 Å². The summed E-state index contributed by atoms with van der Waals surface area (Å²) in [5.74, 6) is -0.0748. The molecular formula is C19H13N7O2S. The Labute approximate surface area is 169 Å². The van der Waals surface area contributed by atoms with Gasteiger partial charge in [0.25, 0.3) is 5.91 Å². The summed E-state index contributed by atoms with van der Waals surface area (Å²) < 4.78 is 6.62. The fourth-order valence-corrected chi connectivity index (χ4v) is 3.49. The number of thiazole rings is 1. The van der Waals surface area contributed by atoms with Gasteiger partial charge >= 0.3 is 0 Å². The van der Waals surface area contributed by atoms with E-state index in [0.717, 1.165) is 5.56 Å². The van der Waals surface area contributed by atoms with Gasteiger partial charge in [-0.2, -0.15) is 10.4 Å². The predicted octanol–water partition coefficient (Wildman–Crippen LogP) is 2.92. The van der Waals surface area contributed by atoms with E-state index >= 15 is 0 Å². The van der Waals surface area contributed by atoms with Gasteiger partial charge in [-0.05, 0) is 18.2 Å². The minimum atomic E-state index is -0.417. The second-order valence-electron chi connectivity index (χ2n) is 5.72. The highest BCUT2D eigenvalue weighted by molar-refractivity contribution is 7.18. The van der Waals surface area contributed by atoms with E-state index in [9.17, 15) is 10.1 Å². The fraction of sp³-hybridized carbons (Fsp3) is 0.0526. The minimum Gasteiger partial charge on any atom is -0.481 e. The number of methoxy groups -OCH3 is 1. The molecule has 1 amide bonds. The third-order valence-corrected chi connectivity index (χ3v) is 4.85. The summed E-state index contributed by atoms with van der Waals surface area (Å²) >= 11 is 1.23. The van der Waals surface area contributed by atoms with Crippen molar-refractivity contribution in [2.75, 3.05) is 12.4 Å². The Morgan fingerprint density at radius 2 is 2.10 bits per heavy atom. The van der Waals surface area contributed by atoms with Crippen LogP contribution < -0.4 is 10.1 Å². The molecule has 0 aliphatic rings. The molecule has 3 aromatic heterocycles. The highest BCUT2D eigenvalue weighted by atomic mass is 32.1. The van der Waals surface area contributed by atoms with Crippen LogP contribution in [0, 0.1) is 11.3 Å². The van der Waals surface area contributed by atoms with Gasteiger partial charge in [0.05, 0.1) is 18.7 Å². The number of anilines is 1. The first kappa shape index (κ1) is 18.3. The van der Waals surface area contributed by atoms with Gasteiger partial charge in [0.1, 0.15) is 29.0 Å². The van der Waals surface area contributed by atoms with Crippen LogP contribution >= 0.6 is 11.3 Å². The summed E-state index contributed by atoms with van der Waals surface area (Å²) in [6.45, 7) is 0. The van der Waals surface area contributed by atoms with Crippen molar-refractivity contribution in [3.63, 3.8) is 0 Å². The van der Waals surface area contributed by atoms with Crippen LogP contribution in [0.2, 0.25) is 0 Å². The first-order chi connectivity index (χ1) is 14.2. The molecule has 1 aromatic carbocycles. The molecule has 0 aliphatic heterocycles. The van der Waals surface area contributed by atoms with Crippen LogP contribution in [-0.4, -0.2) is 37.7 Å². The number of carbonyl (C=O) groups excluding carboxylic acids is 1. The molecular weight excluding hydrogens is 390 g/mol. The number of amides is 1. The quantitative estimate of drug-likeness (QED) is 0.544. The molecule has 10 heteroatoms. The van der Waals surface area contributed by atoms with Crippen LogP contribution in [0.5, 0.6) is 5.88 Å². The van der Waals surface area contributed by atoms with Crippen molar-refractivity contribution in [1.82, 2.24) is 24.7 Å². The lowest BCUT2D eigenvalue weighted by molar-refractivity contribution is 0.102. The first-order valence-corrected chi connectivity index (χ1v) is 9.18. The second kappa shape index (κ2) is 7.87. The van der Waals surface area contributed by atoms with Crippen molar-refractivity contribution in [2.45, 2.75) is 0 Å². The fourth-order valence-electron chi connectivity index (χ4n) is 2.57. The van der Waals surface area contributed by atoms with Gasteiger partial charge in [0.15, 0.2) is 5.13 Å². The summed E-state index contributed by atoms with van der Waals surface area (Å²) in [7, 11) is 1.48. The van der Waals surface area contributed by atoms with Crippen LogP contribution in [-0.2, 0) is 0 Å². The number of aromatic nitrogens is 5. The molecule has 4 rings (SSSR count). The lowest BCUT2D eigenvalue weighted by atomic mass is 10.1. The molecule has 1 N–H and O–H groups in total. The van der Waals surface area contributed by atoms with Gasteiger partial charge < -0.3 is 4.74 Å². The van der Waals surface area contributed by atoms with Gasteiger partial charge in [-0.15, -0.1) is 0 Å². The average molecular weight is 403 g/mol. The lowest BCUT2D eigenvalue weighted by Crippen LogP contribution is -2.13. The number of carbonyl (C=O) groups is 1. The molecule has 0 spiro atoms. The van der Waals surface area contributed by atoms with E-state index in [1.807, 2.05) is 6.07 Å². The Morgan fingerprint density at radius 3 is 2.86 bits per heavy atom. The molecule has 0 fully saturated rings. The SMILES string of the molecule is COc1cccc(C(=O)Nc2nc(-c3cccc(C#N)c3)c(-n3cncn3)s2)n1. The Bertz CT molecular complexity index is 1210. The molecule has 0 unspecified atom stereocenters. The van der Waals surface area contributed by atoms with E-state index in [2.05, 4.69) is 31.4 Å². The molecule has 142 valence electrons. The third-order valence-electron chi connectivity index (χ3n) is 3.89. The van der Waals surface area contributed by atoms with Crippen molar-refractivity contribution in [3.05, 3.63) is 66.4 Å². The number of rotatable bonds is 5. The number of hydrogen-bond acceptors (Lipinski definition) is 8. The van der Waals surface area contributed by atoms with Crippen molar-refractivity contribution >= 4 is 22.4 Å². The van der Waals surface area contributed by atoms with Crippen LogP contribution in [0.3, 0.4) is 0 Å². The zero-order valence-electron chi connectivity index (χ0n) is 15.1. The molecule has 0 saturated carbocycles. The number of hydrogen-bond donors (Lipinski definition) is 1. The monoisotopic (exact) mass is 403 g/mol. The van der Waals surface area contributed by atoms with Crippen molar-refractivity contribution in [1.29, 1.82) is 5.26 Å². The van der Waals surface area contributed by atoms with E-state index < -0.39 is 5.91 Å². The number of benzene rings is 1. The van der Waals surface area contributed by atoms with E-state index in [1.165, 1.54) is 24.8 Å². The Kier molecular flexibility index (Phi) is 4.96. The van der Waals surface area contributed by atoms with E-state index in [0.29, 0.717) is 27.3 Å². The van der Waals surface area contributed by atoms with Gasteiger partial charge in [0.2, 0.25) is 5.88 Å². The second-order valence-corrected chi connectivity index (χ2v) is 6.70. The number of nitrogens with one attached hydrogen (secondary N) is 1. The summed E-state index contributed by atoms with van der Waals surface area (Å²) in [6.07, 6.45) is 2.95. The van der Waals surface area contributed by atoms with Gasteiger partial charge in [-0.25, -0.2) is 19.6 Å². The van der Waals surface area contributed by atoms with E-state index in [-0.39, 0.29) is 5.69 Å². The molecule has 0 aliphatic carbocycles. The topological polar surface area (TPSA) is 119 Å². The normalized spacial score (nSPS) is 10.3. The van der Waals surface area contributed by atoms with Crippen LogP contribution in [0.1, 0.15) is 16.1 Å². The number of nitrogens with zero attached hydrogens (tertiary/aromatic N) is 6.